The SMILES string of the molecule is C[C@H]1CCCN(c2ccc(C(=O)O)cc2NC(=O)c2ccccc2Cl)C1. The van der Waals surface area contributed by atoms with Crippen molar-refractivity contribution < 1.29 is 14.7 Å². The third kappa shape index (κ3) is 3.99. The molecule has 0 aliphatic carbocycles. The Labute approximate surface area is 157 Å². The van der Waals surface area contributed by atoms with Crippen LogP contribution in [0, 0.1) is 5.92 Å². The van der Waals surface area contributed by atoms with Crippen LogP contribution in [0.2, 0.25) is 5.02 Å². The average molecular weight is 373 g/mol. The maximum absolute atomic E-state index is 12.7. The van der Waals surface area contributed by atoms with Gasteiger partial charge in [0, 0.05) is 13.1 Å². The van der Waals surface area contributed by atoms with E-state index in [1.807, 2.05) is 0 Å². The molecular formula is C20H21ClN2O3. The summed E-state index contributed by atoms with van der Waals surface area (Å²) < 4.78 is 0. The molecule has 1 amide bonds. The molecule has 0 spiro atoms. The van der Waals surface area contributed by atoms with Gasteiger partial charge in [0.1, 0.15) is 0 Å². The molecule has 1 fully saturated rings. The number of nitrogens with zero attached hydrogens (tertiary/aromatic N) is 1. The van der Waals surface area contributed by atoms with Gasteiger partial charge in [-0.15, -0.1) is 0 Å². The topological polar surface area (TPSA) is 69.6 Å². The third-order valence-corrected chi connectivity index (χ3v) is 4.94. The van der Waals surface area contributed by atoms with Crippen molar-refractivity contribution in [3.63, 3.8) is 0 Å². The Hall–Kier alpha value is -2.53. The molecule has 26 heavy (non-hydrogen) atoms. The zero-order valence-electron chi connectivity index (χ0n) is 14.5. The second-order valence-electron chi connectivity index (χ2n) is 6.66. The van der Waals surface area contributed by atoms with Gasteiger partial charge in [0.2, 0.25) is 0 Å². The fraction of sp³-hybridized carbons (Fsp3) is 0.300. The zero-order valence-corrected chi connectivity index (χ0v) is 15.3. The normalized spacial score (nSPS) is 17.0. The summed E-state index contributed by atoms with van der Waals surface area (Å²) >= 11 is 6.11. The summed E-state index contributed by atoms with van der Waals surface area (Å²) in [5.41, 5.74) is 1.81. The number of carboxylic acids is 1. The van der Waals surface area contributed by atoms with Crippen molar-refractivity contribution in [2.24, 2.45) is 5.92 Å². The van der Waals surface area contributed by atoms with Crippen LogP contribution in [0.15, 0.2) is 42.5 Å². The molecule has 5 nitrogen and oxygen atoms in total. The van der Waals surface area contributed by atoms with Gasteiger partial charge in [0.15, 0.2) is 0 Å². The van der Waals surface area contributed by atoms with E-state index in [2.05, 4.69) is 17.1 Å². The van der Waals surface area contributed by atoms with Crippen molar-refractivity contribution >= 4 is 34.9 Å². The average Bonchev–Trinajstić information content (AvgIpc) is 2.62. The highest BCUT2D eigenvalue weighted by Gasteiger charge is 2.21. The molecule has 6 heteroatoms. The summed E-state index contributed by atoms with van der Waals surface area (Å²) in [6.45, 7) is 3.95. The number of nitrogens with one attached hydrogen (secondary N) is 1. The van der Waals surface area contributed by atoms with Gasteiger partial charge < -0.3 is 15.3 Å². The first-order chi connectivity index (χ1) is 12.5. The second-order valence-corrected chi connectivity index (χ2v) is 7.07. The number of carbonyl (C=O) groups excluding carboxylic acids is 1. The molecule has 2 aromatic rings. The number of hydrogen-bond acceptors (Lipinski definition) is 3. The maximum Gasteiger partial charge on any atom is 0.335 e. The second kappa shape index (κ2) is 7.79. The highest BCUT2D eigenvalue weighted by atomic mass is 35.5. The lowest BCUT2D eigenvalue weighted by Crippen LogP contribution is -2.35. The lowest BCUT2D eigenvalue weighted by molar-refractivity contribution is 0.0696. The number of anilines is 2. The number of halogens is 1. The van der Waals surface area contributed by atoms with Gasteiger partial charge in [-0.25, -0.2) is 4.79 Å². The fourth-order valence-electron chi connectivity index (χ4n) is 3.29. The highest BCUT2D eigenvalue weighted by Crippen LogP contribution is 2.32. The quantitative estimate of drug-likeness (QED) is 0.827. The molecule has 0 unspecified atom stereocenters. The van der Waals surface area contributed by atoms with Crippen molar-refractivity contribution in [1.82, 2.24) is 0 Å². The number of carboxylic acid groups (broad SMARTS) is 1. The highest BCUT2D eigenvalue weighted by molar-refractivity contribution is 6.34. The summed E-state index contributed by atoms with van der Waals surface area (Å²) in [7, 11) is 0. The van der Waals surface area contributed by atoms with E-state index >= 15 is 0 Å². The van der Waals surface area contributed by atoms with Crippen LogP contribution in [-0.2, 0) is 0 Å². The monoisotopic (exact) mass is 372 g/mol. The lowest BCUT2D eigenvalue weighted by Gasteiger charge is -2.34. The molecule has 3 rings (SSSR count). The van der Waals surface area contributed by atoms with E-state index in [0.29, 0.717) is 22.2 Å². The lowest BCUT2D eigenvalue weighted by atomic mass is 9.99. The summed E-state index contributed by atoms with van der Waals surface area (Å²) in [5, 5.41) is 12.5. The molecule has 0 bridgehead atoms. The number of piperidine rings is 1. The maximum atomic E-state index is 12.7. The van der Waals surface area contributed by atoms with E-state index in [1.54, 1.807) is 36.4 Å². The summed E-state index contributed by atoms with van der Waals surface area (Å²) in [4.78, 5) is 26.2. The third-order valence-electron chi connectivity index (χ3n) is 4.61. The van der Waals surface area contributed by atoms with Crippen molar-refractivity contribution in [3.05, 3.63) is 58.6 Å². The fourth-order valence-corrected chi connectivity index (χ4v) is 3.51. The Bertz CT molecular complexity index is 838. The predicted octanol–water partition coefficient (Wildman–Crippen LogP) is 4.53. The van der Waals surface area contributed by atoms with Crippen LogP contribution in [-0.4, -0.2) is 30.1 Å². The standard InChI is InChI=1S/C20H21ClN2O3/c1-13-5-4-10-23(12-13)18-9-8-14(20(25)26)11-17(18)22-19(24)15-6-2-3-7-16(15)21/h2-3,6-9,11,13H,4-5,10,12H2,1H3,(H,22,24)(H,25,26)/t13-/m0/s1. The molecule has 2 aromatic carbocycles. The Morgan fingerprint density at radius 3 is 2.69 bits per heavy atom. The molecule has 1 aliphatic rings. The number of aromatic carboxylic acids is 1. The molecule has 136 valence electrons. The molecular weight excluding hydrogens is 352 g/mol. The molecule has 1 saturated heterocycles. The van der Waals surface area contributed by atoms with Crippen molar-refractivity contribution in [2.45, 2.75) is 19.8 Å². The van der Waals surface area contributed by atoms with E-state index in [9.17, 15) is 14.7 Å². The van der Waals surface area contributed by atoms with Gasteiger partial charge in [0.05, 0.1) is 27.5 Å². The number of amides is 1. The van der Waals surface area contributed by atoms with E-state index in [4.69, 9.17) is 11.6 Å². The van der Waals surface area contributed by atoms with Gasteiger partial charge in [0.25, 0.3) is 5.91 Å². The van der Waals surface area contributed by atoms with E-state index < -0.39 is 5.97 Å². The number of rotatable bonds is 4. The number of carbonyl (C=O) groups is 2. The van der Waals surface area contributed by atoms with Crippen LogP contribution in [0.5, 0.6) is 0 Å². The molecule has 0 radical (unpaired) electrons. The molecule has 0 aromatic heterocycles. The van der Waals surface area contributed by atoms with Gasteiger partial charge in [-0.2, -0.15) is 0 Å². The smallest absolute Gasteiger partial charge is 0.335 e. The van der Waals surface area contributed by atoms with Crippen molar-refractivity contribution in [3.8, 4) is 0 Å². The van der Waals surface area contributed by atoms with Gasteiger partial charge in [-0.3, -0.25) is 4.79 Å². The first-order valence-electron chi connectivity index (χ1n) is 8.64. The summed E-state index contributed by atoms with van der Waals surface area (Å²) in [6, 6.07) is 11.6. The minimum atomic E-state index is -1.03. The van der Waals surface area contributed by atoms with Gasteiger partial charge in [-0.05, 0) is 49.1 Å². The van der Waals surface area contributed by atoms with E-state index in [1.165, 1.54) is 12.5 Å². The molecule has 1 heterocycles. The van der Waals surface area contributed by atoms with Crippen molar-refractivity contribution in [1.29, 1.82) is 0 Å². The van der Waals surface area contributed by atoms with Crippen LogP contribution in [0.3, 0.4) is 0 Å². The molecule has 1 atom stereocenters. The van der Waals surface area contributed by atoms with Crippen molar-refractivity contribution in [2.75, 3.05) is 23.3 Å². The first-order valence-corrected chi connectivity index (χ1v) is 9.01. The number of benzene rings is 2. The summed E-state index contributed by atoms with van der Waals surface area (Å²) in [5.74, 6) is -0.837. The van der Waals surface area contributed by atoms with Crippen LogP contribution in [0.25, 0.3) is 0 Å². The van der Waals surface area contributed by atoms with Crippen LogP contribution in [0.1, 0.15) is 40.5 Å². The van der Waals surface area contributed by atoms with Crippen LogP contribution < -0.4 is 10.2 Å². The van der Waals surface area contributed by atoms with E-state index in [-0.39, 0.29) is 11.5 Å². The molecule has 1 aliphatic heterocycles. The Morgan fingerprint density at radius 1 is 1.23 bits per heavy atom. The van der Waals surface area contributed by atoms with Gasteiger partial charge in [-0.1, -0.05) is 30.7 Å². The molecule has 0 saturated carbocycles. The van der Waals surface area contributed by atoms with Crippen LogP contribution in [0.4, 0.5) is 11.4 Å². The largest absolute Gasteiger partial charge is 0.478 e. The number of hydrogen-bond donors (Lipinski definition) is 2. The van der Waals surface area contributed by atoms with Gasteiger partial charge >= 0.3 is 5.97 Å². The predicted molar refractivity (Wildman–Crippen MR) is 103 cm³/mol. The Morgan fingerprint density at radius 2 is 2.00 bits per heavy atom. The zero-order chi connectivity index (χ0) is 18.7. The van der Waals surface area contributed by atoms with Crippen LogP contribution >= 0.6 is 11.6 Å². The first kappa shape index (κ1) is 18.3. The summed E-state index contributed by atoms with van der Waals surface area (Å²) in [6.07, 6.45) is 2.24. The Kier molecular flexibility index (Phi) is 5.47. The Balaban J connectivity index is 1.95. The molecule has 2 N–H and O–H groups in total. The minimum absolute atomic E-state index is 0.133. The van der Waals surface area contributed by atoms with E-state index in [0.717, 1.165) is 25.2 Å². The minimum Gasteiger partial charge on any atom is -0.478 e.